The number of rotatable bonds is 4. The molecule has 1 aromatic heterocycles. The number of carbonyl (C=O) groups excluding carboxylic acids is 1. The van der Waals surface area contributed by atoms with Crippen molar-refractivity contribution < 1.29 is 9.53 Å². The van der Waals surface area contributed by atoms with Crippen LogP contribution in [0.15, 0.2) is 29.1 Å². The van der Waals surface area contributed by atoms with Crippen LogP contribution in [-0.2, 0) is 11.3 Å². The molecular formula is C24H35N3O3. The molecule has 1 atom stereocenters. The highest BCUT2D eigenvalue weighted by molar-refractivity contribution is 5.83. The molecule has 6 heteroatoms. The molecule has 0 N–H and O–H groups in total. The first-order valence-corrected chi connectivity index (χ1v) is 10.9. The summed E-state index contributed by atoms with van der Waals surface area (Å²) in [5.74, 6) is 0. The molecule has 3 rings (SSSR count). The molecule has 1 amide bonds. The van der Waals surface area contributed by atoms with Gasteiger partial charge in [-0.3, -0.25) is 9.69 Å². The maximum absolute atomic E-state index is 12.7. The molecular weight excluding hydrogens is 378 g/mol. The van der Waals surface area contributed by atoms with Crippen molar-refractivity contribution in [3.05, 3.63) is 45.7 Å². The minimum atomic E-state index is -0.484. The molecule has 0 saturated carbocycles. The number of hydrogen-bond acceptors (Lipinski definition) is 4. The molecule has 1 aliphatic rings. The van der Waals surface area contributed by atoms with Gasteiger partial charge >= 0.3 is 6.09 Å². The van der Waals surface area contributed by atoms with Gasteiger partial charge in [0.25, 0.3) is 5.56 Å². The fraction of sp³-hybridized carbons (Fsp3) is 0.583. The third-order valence-corrected chi connectivity index (χ3v) is 5.81. The standard InChI is InChI=1S/C24H35N3O3/c1-7-19-16-26(23(29)30-24(4,5)6)11-10-25(19)12-13-27-21-14-17(2)8-9-20(21)18(3)15-22(27)28/h8-9,14-15,19H,7,10-13,16H2,1-6H3. The predicted octanol–water partition coefficient (Wildman–Crippen LogP) is 3.95. The van der Waals surface area contributed by atoms with Gasteiger partial charge in [-0.15, -0.1) is 0 Å². The molecule has 164 valence electrons. The van der Waals surface area contributed by atoms with Crippen LogP contribution in [0, 0.1) is 13.8 Å². The summed E-state index contributed by atoms with van der Waals surface area (Å²) in [4.78, 5) is 29.4. The van der Waals surface area contributed by atoms with Crippen molar-refractivity contribution in [2.75, 3.05) is 26.2 Å². The number of nitrogens with zero attached hydrogens (tertiary/aromatic N) is 3. The Morgan fingerprint density at radius 3 is 2.53 bits per heavy atom. The summed E-state index contributed by atoms with van der Waals surface area (Å²) in [7, 11) is 0. The van der Waals surface area contributed by atoms with Crippen molar-refractivity contribution in [1.82, 2.24) is 14.4 Å². The Morgan fingerprint density at radius 1 is 1.13 bits per heavy atom. The summed E-state index contributed by atoms with van der Waals surface area (Å²) in [5, 5.41) is 1.13. The zero-order valence-electron chi connectivity index (χ0n) is 19.2. The average Bonchev–Trinajstić information content (AvgIpc) is 2.66. The second-order valence-corrected chi connectivity index (χ2v) is 9.36. The summed E-state index contributed by atoms with van der Waals surface area (Å²) in [6, 6.07) is 8.29. The molecule has 2 heterocycles. The van der Waals surface area contributed by atoms with E-state index in [0.717, 1.165) is 41.5 Å². The van der Waals surface area contributed by atoms with Gasteiger partial charge < -0.3 is 14.2 Å². The van der Waals surface area contributed by atoms with Gasteiger partial charge in [-0.25, -0.2) is 4.79 Å². The summed E-state index contributed by atoms with van der Waals surface area (Å²) >= 11 is 0. The lowest BCUT2D eigenvalue weighted by Crippen LogP contribution is -2.56. The smallest absolute Gasteiger partial charge is 0.410 e. The first-order valence-electron chi connectivity index (χ1n) is 10.9. The second kappa shape index (κ2) is 8.80. The van der Waals surface area contributed by atoms with Gasteiger partial charge in [0, 0.05) is 50.2 Å². The number of ether oxygens (including phenoxy) is 1. The third-order valence-electron chi connectivity index (χ3n) is 5.81. The predicted molar refractivity (Wildman–Crippen MR) is 121 cm³/mol. The molecule has 1 unspecified atom stereocenters. The zero-order chi connectivity index (χ0) is 22.1. The van der Waals surface area contributed by atoms with Crippen LogP contribution in [0.25, 0.3) is 10.9 Å². The molecule has 6 nitrogen and oxygen atoms in total. The summed E-state index contributed by atoms with van der Waals surface area (Å²) < 4.78 is 7.44. The van der Waals surface area contributed by atoms with Gasteiger partial charge in [0.05, 0.1) is 5.52 Å². The number of hydrogen-bond donors (Lipinski definition) is 0. The van der Waals surface area contributed by atoms with Crippen molar-refractivity contribution in [2.24, 2.45) is 0 Å². The summed E-state index contributed by atoms with van der Waals surface area (Å²) in [6.45, 7) is 15.4. The fourth-order valence-corrected chi connectivity index (χ4v) is 4.18. The Kier molecular flexibility index (Phi) is 6.56. The second-order valence-electron chi connectivity index (χ2n) is 9.36. The number of aryl methyl sites for hydroxylation is 2. The highest BCUT2D eigenvalue weighted by Gasteiger charge is 2.31. The van der Waals surface area contributed by atoms with Crippen LogP contribution >= 0.6 is 0 Å². The lowest BCUT2D eigenvalue weighted by atomic mass is 10.1. The minimum absolute atomic E-state index is 0.0473. The number of carbonyl (C=O) groups is 1. The van der Waals surface area contributed by atoms with E-state index in [4.69, 9.17) is 4.74 Å². The first-order chi connectivity index (χ1) is 14.1. The molecule has 0 radical (unpaired) electrons. The molecule has 1 fully saturated rings. The van der Waals surface area contributed by atoms with Gasteiger partial charge in [0.15, 0.2) is 0 Å². The van der Waals surface area contributed by atoms with Crippen LogP contribution in [0.4, 0.5) is 4.79 Å². The maximum atomic E-state index is 12.7. The van der Waals surface area contributed by atoms with E-state index in [0.29, 0.717) is 19.6 Å². The molecule has 30 heavy (non-hydrogen) atoms. The third kappa shape index (κ3) is 5.04. The van der Waals surface area contributed by atoms with E-state index in [1.54, 1.807) is 6.07 Å². The molecule has 0 bridgehead atoms. The Hall–Kier alpha value is -2.34. The summed E-state index contributed by atoms with van der Waals surface area (Å²) in [5.41, 5.74) is 2.73. The van der Waals surface area contributed by atoms with E-state index >= 15 is 0 Å². The normalized spacial score (nSPS) is 18.1. The molecule has 0 spiro atoms. The number of amides is 1. The Morgan fingerprint density at radius 2 is 1.87 bits per heavy atom. The van der Waals surface area contributed by atoms with Crippen LogP contribution in [0.1, 0.15) is 45.2 Å². The molecule has 0 aliphatic carbocycles. The number of pyridine rings is 1. The lowest BCUT2D eigenvalue weighted by Gasteiger charge is -2.41. The van der Waals surface area contributed by atoms with Crippen LogP contribution in [0.5, 0.6) is 0 Å². The maximum Gasteiger partial charge on any atom is 0.410 e. The molecule has 1 aromatic carbocycles. The van der Waals surface area contributed by atoms with Crippen LogP contribution in [0.2, 0.25) is 0 Å². The van der Waals surface area contributed by atoms with Crippen molar-refractivity contribution in [3.8, 4) is 0 Å². The number of benzene rings is 1. The molecule has 1 aliphatic heterocycles. The monoisotopic (exact) mass is 413 g/mol. The zero-order valence-corrected chi connectivity index (χ0v) is 19.2. The topological polar surface area (TPSA) is 54.8 Å². The Bertz CT molecular complexity index is 974. The van der Waals surface area contributed by atoms with E-state index in [1.807, 2.05) is 37.2 Å². The van der Waals surface area contributed by atoms with Crippen molar-refractivity contribution in [2.45, 2.75) is 66.2 Å². The van der Waals surface area contributed by atoms with Gasteiger partial charge in [0.2, 0.25) is 0 Å². The molecule has 2 aromatic rings. The Balaban J connectivity index is 1.73. The highest BCUT2D eigenvalue weighted by Crippen LogP contribution is 2.20. The van der Waals surface area contributed by atoms with Crippen LogP contribution in [0.3, 0.4) is 0 Å². The minimum Gasteiger partial charge on any atom is -0.444 e. The van der Waals surface area contributed by atoms with E-state index in [2.05, 4.69) is 36.9 Å². The number of piperazine rings is 1. The van der Waals surface area contributed by atoms with E-state index in [-0.39, 0.29) is 17.7 Å². The SMILES string of the molecule is CCC1CN(C(=O)OC(C)(C)C)CCN1CCn1c(=O)cc(C)c2ccc(C)cc21. The largest absolute Gasteiger partial charge is 0.444 e. The quantitative estimate of drug-likeness (QED) is 0.762. The fourth-order valence-electron chi connectivity index (χ4n) is 4.18. The van der Waals surface area contributed by atoms with Gasteiger partial charge in [0.1, 0.15) is 5.60 Å². The van der Waals surface area contributed by atoms with Crippen molar-refractivity contribution in [1.29, 1.82) is 0 Å². The highest BCUT2D eigenvalue weighted by atomic mass is 16.6. The lowest BCUT2D eigenvalue weighted by molar-refractivity contribution is 0.00285. The van der Waals surface area contributed by atoms with Gasteiger partial charge in [-0.05, 0) is 58.2 Å². The summed E-state index contributed by atoms with van der Waals surface area (Å²) in [6.07, 6.45) is 0.707. The number of fused-ring (bicyclic) bond motifs is 1. The van der Waals surface area contributed by atoms with Gasteiger partial charge in [-0.2, -0.15) is 0 Å². The van der Waals surface area contributed by atoms with Crippen molar-refractivity contribution >= 4 is 17.0 Å². The molecule has 1 saturated heterocycles. The average molecular weight is 414 g/mol. The van der Waals surface area contributed by atoms with E-state index in [1.165, 1.54) is 0 Å². The van der Waals surface area contributed by atoms with E-state index in [9.17, 15) is 9.59 Å². The van der Waals surface area contributed by atoms with Crippen molar-refractivity contribution in [3.63, 3.8) is 0 Å². The first kappa shape index (κ1) is 22.3. The van der Waals surface area contributed by atoms with Crippen LogP contribution < -0.4 is 5.56 Å². The van der Waals surface area contributed by atoms with E-state index < -0.39 is 5.60 Å². The number of aromatic nitrogens is 1. The van der Waals surface area contributed by atoms with Gasteiger partial charge in [-0.1, -0.05) is 19.1 Å². The Labute approximate surface area is 179 Å². The van der Waals surface area contributed by atoms with Crippen LogP contribution in [-0.4, -0.2) is 58.3 Å².